The minimum absolute atomic E-state index is 0.280. The van der Waals surface area contributed by atoms with Crippen molar-refractivity contribution in [3.8, 4) is 11.5 Å². The molecule has 0 aliphatic carbocycles. The number of rotatable bonds is 28. The minimum Gasteiger partial charge on any atom is -0.491 e. The van der Waals surface area contributed by atoms with Crippen molar-refractivity contribution in [3.63, 3.8) is 0 Å². The number of carbonyl (C=O) groups is 2. The molecule has 10 heteroatoms. The summed E-state index contributed by atoms with van der Waals surface area (Å²) in [5.41, 5.74) is 2.81. The lowest BCUT2D eigenvalue weighted by Crippen LogP contribution is -2.17. The quantitative estimate of drug-likeness (QED) is 0.0360. The van der Waals surface area contributed by atoms with Gasteiger partial charge >= 0.3 is 11.9 Å². The van der Waals surface area contributed by atoms with Crippen LogP contribution in [0.5, 0.6) is 11.5 Å². The molecule has 5 aromatic carbocycles. The molecule has 0 amide bonds. The summed E-state index contributed by atoms with van der Waals surface area (Å²) < 4.78 is 46.4. The Morgan fingerprint density at radius 1 is 0.362 bits per heavy atom. The van der Waals surface area contributed by atoms with Gasteiger partial charge in [-0.15, -0.1) is 0 Å². The molecule has 0 aliphatic rings. The van der Waals surface area contributed by atoms with Gasteiger partial charge in [0.05, 0.1) is 37.6 Å². The van der Waals surface area contributed by atoms with Gasteiger partial charge in [0, 0.05) is 26.4 Å². The van der Waals surface area contributed by atoms with Crippen LogP contribution in [0.2, 0.25) is 0 Å². The molecule has 306 valence electrons. The van der Waals surface area contributed by atoms with E-state index in [-0.39, 0.29) is 25.2 Å². The molecule has 2 unspecified atom stereocenters. The van der Waals surface area contributed by atoms with Crippen LogP contribution < -0.4 is 9.47 Å². The van der Waals surface area contributed by atoms with Gasteiger partial charge in [-0.3, -0.25) is 0 Å². The zero-order valence-corrected chi connectivity index (χ0v) is 33.0. The van der Waals surface area contributed by atoms with E-state index in [1.165, 1.54) is 0 Å². The number of esters is 2. The van der Waals surface area contributed by atoms with Gasteiger partial charge in [-0.25, -0.2) is 9.59 Å². The molecule has 0 spiro atoms. The molecule has 0 heterocycles. The van der Waals surface area contributed by atoms with Crippen molar-refractivity contribution >= 4 is 11.9 Å². The fourth-order valence-corrected chi connectivity index (χ4v) is 5.75. The Labute approximate surface area is 341 Å². The van der Waals surface area contributed by atoms with E-state index in [4.69, 9.17) is 37.9 Å². The van der Waals surface area contributed by atoms with Crippen molar-refractivity contribution in [2.75, 3.05) is 66.1 Å². The van der Waals surface area contributed by atoms with Crippen molar-refractivity contribution in [2.24, 2.45) is 0 Å². The molecule has 0 saturated heterocycles. The second kappa shape index (κ2) is 26.4. The SMILES string of the molecule is O=C(OC(COCCCCOCCOc1ccc(OCCOCCCCOCC(OC(=O)c2ccccc2)c2ccccc2)cc1)c1ccccc1)c1ccccc1. The molecule has 0 aromatic heterocycles. The van der Waals surface area contributed by atoms with Gasteiger partial charge in [-0.1, -0.05) is 97.1 Å². The van der Waals surface area contributed by atoms with E-state index in [1.54, 1.807) is 24.3 Å². The highest BCUT2D eigenvalue weighted by Gasteiger charge is 2.19. The number of hydrogen-bond acceptors (Lipinski definition) is 10. The normalized spacial score (nSPS) is 12.0. The molecule has 2 atom stereocenters. The zero-order valence-electron chi connectivity index (χ0n) is 33.0. The Bertz CT molecular complexity index is 1690. The molecule has 5 rings (SSSR count). The van der Waals surface area contributed by atoms with Crippen molar-refractivity contribution in [3.05, 3.63) is 168 Å². The predicted molar refractivity (Wildman–Crippen MR) is 221 cm³/mol. The second-order valence-electron chi connectivity index (χ2n) is 13.3. The maximum Gasteiger partial charge on any atom is 0.338 e. The first kappa shape index (κ1) is 43.6. The van der Waals surface area contributed by atoms with Gasteiger partial charge in [0.1, 0.15) is 24.7 Å². The number of ether oxygens (including phenoxy) is 8. The van der Waals surface area contributed by atoms with Crippen LogP contribution in [0.15, 0.2) is 146 Å². The summed E-state index contributed by atoms with van der Waals surface area (Å²) >= 11 is 0. The van der Waals surface area contributed by atoms with Gasteiger partial charge in [0.25, 0.3) is 0 Å². The number of hydrogen-bond donors (Lipinski definition) is 0. The van der Waals surface area contributed by atoms with E-state index in [2.05, 4.69) is 0 Å². The third kappa shape index (κ3) is 16.5. The molecule has 0 saturated carbocycles. The second-order valence-corrected chi connectivity index (χ2v) is 13.3. The summed E-state index contributed by atoms with van der Waals surface area (Å²) in [5.74, 6) is 0.743. The van der Waals surface area contributed by atoms with E-state index < -0.39 is 12.2 Å². The number of benzene rings is 5. The highest BCUT2D eigenvalue weighted by Crippen LogP contribution is 2.22. The Morgan fingerprint density at radius 3 is 1.05 bits per heavy atom. The van der Waals surface area contributed by atoms with Crippen LogP contribution in [0, 0.1) is 0 Å². The molecule has 0 radical (unpaired) electrons. The van der Waals surface area contributed by atoms with Crippen LogP contribution >= 0.6 is 0 Å². The maximum atomic E-state index is 12.6. The Balaban J connectivity index is 0.838. The lowest BCUT2D eigenvalue weighted by Gasteiger charge is -2.18. The van der Waals surface area contributed by atoms with E-state index >= 15 is 0 Å². The van der Waals surface area contributed by atoms with E-state index in [9.17, 15) is 9.59 Å². The molecule has 5 aromatic rings. The predicted octanol–water partition coefficient (Wildman–Crippen LogP) is 9.27. The Kier molecular flexibility index (Phi) is 19.9. The first-order chi connectivity index (χ1) is 28.7. The molecule has 0 N–H and O–H groups in total. The Hall–Kier alpha value is -5.52. The molecule has 10 nitrogen and oxygen atoms in total. The van der Waals surface area contributed by atoms with Crippen LogP contribution in [-0.2, 0) is 28.4 Å². The monoisotopic (exact) mass is 790 g/mol. The average molecular weight is 791 g/mol. The van der Waals surface area contributed by atoms with Crippen LogP contribution in [0.4, 0.5) is 0 Å². The van der Waals surface area contributed by atoms with Gasteiger partial charge in [-0.2, -0.15) is 0 Å². The van der Waals surface area contributed by atoms with Crippen LogP contribution in [0.3, 0.4) is 0 Å². The smallest absolute Gasteiger partial charge is 0.338 e. The largest absolute Gasteiger partial charge is 0.491 e. The van der Waals surface area contributed by atoms with Crippen molar-refractivity contribution < 1.29 is 47.5 Å². The van der Waals surface area contributed by atoms with Gasteiger partial charge in [-0.05, 0) is 85.3 Å². The van der Waals surface area contributed by atoms with Crippen molar-refractivity contribution in [1.82, 2.24) is 0 Å². The van der Waals surface area contributed by atoms with Crippen molar-refractivity contribution in [2.45, 2.75) is 37.9 Å². The first-order valence-corrected chi connectivity index (χ1v) is 19.9. The third-order valence-corrected chi connectivity index (χ3v) is 8.87. The lowest BCUT2D eigenvalue weighted by molar-refractivity contribution is -0.00726. The Morgan fingerprint density at radius 2 is 0.690 bits per heavy atom. The molecule has 0 bridgehead atoms. The minimum atomic E-state index is -0.487. The van der Waals surface area contributed by atoms with E-state index in [1.807, 2.05) is 121 Å². The third-order valence-electron chi connectivity index (χ3n) is 8.87. The topological polar surface area (TPSA) is 108 Å². The molecular formula is C48H54O10. The lowest BCUT2D eigenvalue weighted by atomic mass is 10.1. The van der Waals surface area contributed by atoms with Crippen molar-refractivity contribution in [1.29, 1.82) is 0 Å². The molecular weight excluding hydrogens is 737 g/mol. The summed E-state index contributed by atoms with van der Waals surface area (Å²) in [6.07, 6.45) is 2.36. The van der Waals surface area contributed by atoms with Crippen LogP contribution in [0.25, 0.3) is 0 Å². The van der Waals surface area contributed by atoms with Crippen LogP contribution in [0.1, 0.15) is 69.7 Å². The molecule has 0 aliphatic heterocycles. The van der Waals surface area contributed by atoms with Gasteiger partial charge in [0.2, 0.25) is 0 Å². The van der Waals surface area contributed by atoms with Gasteiger partial charge < -0.3 is 37.9 Å². The fraction of sp³-hybridized carbons (Fsp3) is 0.333. The summed E-state index contributed by atoms with van der Waals surface area (Å²) in [6.45, 7) is 4.68. The number of unbranched alkanes of at least 4 members (excludes halogenated alkanes) is 2. The van der Waals surface area contributed by atoms with Crippen LogP contribution in [-0.4, -0.2) is 78.0 Å². The van der Waals surface area contributed by atoms with E-state index in [0.29, 0.717) is 64.0 Å². The fourth-order valence-electron chi connectivity index (χ4n) is 5.75. The molecule has 0 fully saturated rings. The zero-order chi connectivity index (χ0) is 40.3. The van der Waals surface area contributed by atoms with Gasteiger partial charge in [0.15, 0.2) is 12.2 Å². The summed E-state index contributed by atoms with van der Waals surface area (Å²) in [4.78, 5) is 25.3. The number of carbonyl (C=O) groups excluding carboxylic acids is 2. The van der Waals surface area contributed by atoms with E-state index in [0.717, 1.165) is 48.3 Å². The average Bonchev–Trinajstić information content (AvgIpc) is 3.28. The summed E-state index contributed by atoms with van der Waals surface area (Å²) in [5, 5.41) is 0. The maximum absolute atomic E-state index is 12.6. The standard InChI is InChI=1S/C48H54O10/c49-47(41-21-9-3-10-22-41)57-45(39-17-5-1-6-18-39)37-53-31-15-13-29-51-33-35-55-43-25-27-44(28-26-43)56-36-34-52-30-14-16-32-54-38-46(40-19-7-2-8-20-40)58-48(50)42-23-11-4-12-24-42/h1-12,17-28,45-46H,13-16,29-38H2. The highest BCUT2D eigenvalue weighted by atomic mass is 16.6. The summed E-state index contributed by atoms with van der Waals surface area (Å²) in [6, 6.07) is 44.7. The molecule has 58 heavy (non-hydrogen) atoms. The highest BCUT2D eigenvalue weighted by molar-refractivity contribution is 5.90. The summed E-state index contributed by atoms with van der Waals surface area (Å²) in [7, 11) is 0. The first-order valence-electron chi connectivity index (χ1n) is 19.9.